The topological polar surface area (TPSA) is 58.5 Å². The zero-order valence-corrected chi connectivity index (χ0v) is 13.3. The molecule has 0 radical (unpaired) electrons. The molecule has 23 heavy (non-hydrogen) atoms. The first-order valence-electron chi connectivity index (χ1n) is 8.78. The van der Waals surface area contributed by atoms with E-state index in [1.165, 1.54) is 12.0 Å². The van der Waals surface area contributed by atoms with E-state index in [9.17, 15) is 9.59 Å². The van der Waals surface area contributed by atoms with Crippen LogP contribution in [0.25, 0.3) is 0 Å². The standard InChI is InChI=1S/C19H22N2O2/c22-18(12-5-2-1-3-6-12)20-13-9-10-15-14-7-4-8-16(14)19(23)21-17(15)11-13/h9-12,15H,1-8H2,(H,21,23). The summed E-state index contributed by atoms with van der Waals surface area (Å²) in [6, 6.07) is 0. The van der Waals surface area contributed by atoms with Crippen LogP contribution in [-0.4, -0.2) is 17.5 Å². The zero-order chi connectivity index (χ0) is 15.8. The maximum atomic E-state index is 12.3. The second-order valence-electron chi connectivity index (χ2n) is 6.96. The highest BCUT2D eigenvalue weighted by Crippen LogP contribution is 2.39. The fourth-order valence-electron chi connectivity index (χ4n) is 4.23. The van der Waals surface area contributed by atoms with E-state index in [0.29, 0.717) is 5.71 Å². The number of allylic oxidation sites excluding steroid dienone is 3. The van der Waals surface area contributed by atoms with Crippen molar-refractivity contribution in [2.75, 3.05) is 0 Å². The largest absolute Gasteiger partial charge is 0.325 e. The van der Waals surface area contributed by atoms with Crippen LogP contribution >= 0.6 is 0 Å². The highest BCUT2D eigenvalue weighted by atomic mass is 16.2. The van der Waals surface area contributed by atoms with E-state index in [0.717, 1.165) is 56.2 Å². The Kier molecular flexibility index (Phi) is 3.76. The Labute approximate surface area is 136 Å². The van der Waals surface area contributed by atoms with Gasteiger partial charge in [-0.1, -0.05) is 25.3 Å². The molecular weight excluding hydrogens is 288 g/mol. The number of hydrogen-bond donors (Lipinski definition) is 1. The molecule has 1 fully saturated rings. The Morgan fingerprint density at radius 2 is 1.96 bits per heavy atom. The average molecular weight is 310 g/mol. The third kappa shape index (κ3) is 2.71. The van der Waals surface area contributed by atoms with Crippen molar-refractivity contribution in [1.29, 1.82) is 0 Å². The molecule has 4 nitrogen and oxygen atoms in total. The van der Waals surface area contributed by atoms with Gasteiger partial charge in [0.25, 0.3) is 5.91 Å². The molecule has 1 aliphatic heterocycles. The van der Waals surface area contributed by atoms with Gasteiger partial charge in [-0.15, -0.1) is 0 Å². The molecule has 4 rings (SSSR count). The molecule has 4 heteroatoms. The van der Waals surface area contributed by atoms with Crippen LogP contribution in [0.4, 0.5) is 0 Å². The van der Waals surface area contributed by atoms with Crippen molar-refractivity contribution in [3.05, 3.63) is 35.1 Å². The summed E-state index contributed by atoms with van der Waals surface area (Å²) >= 11 is 0. The van der Waals surface area contributed by atoms with Crippen molar-refractivity contribution >= 4 is 17.5 Å². The molecule has 0 saturated heterocycles. The van der Waals surface area contributed by atoms with Gasteiger partial charge in [-0.3, -0.25) is 9.59 Å². The van der Waals surface area contributed by atoms with Crippen LogP contribution < -0.4 is 5.32 Å². The summed E-state index contributed by atoms with van der Waals surface area (Å²) in [6.07, 6.45) is 14.3. The third-order valence-electron chi connectivity index (χ3n) is 5.46. The fourth-order valence-corrected chi connectivity index (χ4v) is 4.23. The van der Waals surface area contributed by atoms with Crippen LogP contribution in [0.2, 0.25) is 0 Å². The molecular formula is C19H22N2O2. The van der Waals surface area contributed by atoms with Crippen LogP contribution in [0, 0.1) is 11.8 Å². The van der Waals surface area contributed by atoms with Crippen molar-refractivity contribution in [3.63, 3.8) is 0 Å². The number of nitrogens with zero attached hydrogens (tertiary/aromatic N) is 1. The predicted octanol–water partition coefficient (Wildman–Crippen LogP) is 3.21. The third-order valence-corrected chi connectivity index (χ3v) is 5.46. The number of amides is 2. The van der Waals surface area contributed by atoms with E-state index >= 15 is 0 Å². The summed E-state index contributed by atoms with van der Waals surface area (Å²) in [5.74, 6) is 0.301. The van der Waals surface area contributed by atoms with Crippen LogP contribution in [0.3, 0.4) is 0 Å². The Hall–Kier alpha value is -1.97. The van der Waals surface area contributed by atoms with E-state index < -0.39 is 0 Å². The highest BCUT2D eigenvalue weighted by molar-refractivity contribution is 6.12. The lowest BCUT2D eigenvalue weighted by Crippen LogP contribution is -2.35. The van der Waals surface area contributed by atoms with Crippen LogP contribution in [0.1, 0.15) is 51.4 Å². The van der Waals surface area contributed by atoms with Crippen molar-refractivity contribution < 1.29 is 9.59 Å². The Bertz CT molecular complexity index is 675. The van der Waals surface area contributed by atoms with E-state index in [1.54, 1.807) is 0 Å². The number of nitrogens with one attached hydrogen (secondary N) is 1. The molecule has 1 heterocycles. The summed E-state index contributed by atoms with van der Waals surface area (Å²) < 4.78 is 0. The molecule has 0 aromatic heterocycles. The van der Waals surface area contributed by atoms with Crippen LogP contribution in [0.15, 0.2) is 40.1 Å². The van der Waals surface area contributed by atoms with Gasteiger partial charge < -0.3 is 5.32 Å². The van der Waals surface area contributed by atoms with Crippen molar-refractivity contribution in [2.45, 2.75) is 51.4 Å². The first kappa shape index (κ1) is 14.6. The maximum Gasteiger partial charge on any atom is 0.251 e. The molecule has 0 aromatic carbocycles. The van der Waals surface area contributed by atoms with Gasteiger partial charge >= 0.3 is 0 Å². The van der Waals surface area contributed by atoms with Gasteiger partial charge in [0.05, 0.1) is 5.71 Å². The number of carbonyl (C=O) groups excluding carboxylic acids is 2. The number of aliphatic imine (C=N–C) groups is 1. The lowest BCUT2D eigenvalue weighted by molar-refractivity contribution is -0.122. The number of hydrogen-bond acceptors (Lipinski definition) is 2. The highest BCUT2D eigenvalue weighted by Gasteiger charge is 2.34. The first-order chi connectivity index (χ1) is 11.2. The fraction of sp³-hybridized carbons (Fsp3) is 0.526. The molecule has 1 atom stereocenters. The zero-order valence-electron chi connectivity index (χ0n) is 13.3. The maximum absolute atomic E-state index is 12.3. The lowest BCUT2D eigenvalue weighted by atomic mass is 9.85. The van der Waals surface area contributed by atoms with Gasteiger partial charge in [0.15, 0.2) is 0 Å². The van der Waals surface area contributed by atoms with Crippen molar-refractivity contribution in [1.82, 2.24) is 5.32 Å². The summed E-state index contributed by atoms with van der Waals surface area (Å²) in [6.45, 7) is 0. The van der Waals surface area contributed by atoms with Gasteiger partial charge in [0.2, 0.25) is 5.91 Å². The van der Waals surface area contributed by atoms with Crippen molar-refractivity contribution in [3.8, 4) is 0 Å². The number of rotatable bonds is 1. The van der Waals surface area contributed by atoms with Crippen LogP contribution in [0.5, 0.6) is 0 Å². The van der Waals surface area contributed by atoms with Gasteiger partial charge in [-0.25, -0.2) is 4.99 Å². The van der Waals surface area contributed by atoms with Gasteiger partial charge in [-0.2, -0.15) is 0 Å². The molecule has 0 bridgehead atoms. The molecule has 0 spiro atoms. The van der Waals surface area contributed by atoms with Gasteiger partial charge in [0.1, 0.15) is 0 Å². The SMILES string of the molecule is O=C1NC2=CC(=NC(=O)C3CCCCC3)C=CC2C2=C1CCC2. The lowest BCUT2D eigenvalue weighted by Gasteiger charge is -2.28. The second-order valence-corrected chi connectivity index (χ2v) is 6.96. The molecule has 4 aliphatic rings. The second kappa shape index (κ2) is 5.91. The smallest absolute Gasteiger partial charge is 0.251 e. The molecule has 1 N–H and O–H groups in total. The van der Waals surface area contributed by atoms with E-state index in [4.69, 9.17) is 0 Å². The molecule has 3 aliphatic carbocycles. The monoisotopic (exact) mass is 310 g/mol. The minimum absolute atomic E-state index is 0.00237. The predicted molar refractivity (Wildman–Crippen MR) is 88.7 cm³/mol. The molecule has 1 saturated carbocycles. The summed E-state index contributed by atoms with van der Waals surface area (Å²) in [5, 5.41) is 2.99. The molecule has 120 valence electrons. The van der Waals surface area contributed by atoms with E-state index in [2.05, 4.69) is 16.4 Å². The minimum atomic E-state index is 0.00237. The van der Waals surface area contributed by atoms with E-state index in [1.807, 2.05) is 12.2 Å². The molecule has 0 aromatic rings. The number of fused-ring (bicyclic) bond motifs is 2. The van der Waals surface area contributed by atoms with Crippen LogP contribution in [-0.2, 0) is 9.59 Å². The van der Waals surface area contributed by atoms with Gasteiger partial charge in [0, 0.05) is 23.1 Å². The summed E-state index contributed by atoms with van der Waals surface area (Å²) in [7, 11) is 0. The molecule has 1 unspecified atom stereocenters. The Morgan fingerprint density at radius 1 is 1.13 bits per heavy atom. The minimum Gasteiger partial charge on any atom is -0.325 e. The molecule has 2 amide bonds. The quantitative estimate of drug-likeness (QED) is 0.808. The normalized spacial score (nSPS) is 29.2. The first-order valence-corrected chi connectivity index (χ1v) is 8.78. The number of carbonyl (C=O) groups is 2. The Morgan fingerprint density at radius 3 is 2.78 bits per heavy atom. The van der Waals surface area contributed by atoms with E-state index in [-0.39, 0.29) is 23.7 Å². The summed E-state index contributed by atoms with van der Waals surface area (Å²) in [5.41, 5.74) is 3.78. The average Bonchev–Trinajstić information content (AvgIpc) is 3.06. The van der Waals surface area contributed by atoms with Crippen molar-refractivity contribution in [2.24, 2.45) is 16.8 Å². The Balaban J connectivity index is 1.56. The van der Waals surface area contributed by atoms with Gasteiger partial charge in [-0.05, 0) is 49.8 Å². The summed E-state index contributed by atoms with van der Waals surface area (Å²) in [4.78, 5) is 28.8.